The van der Waals surface area contributed by atoms with Crippen molar-refractivity contribution in [3.8, 4) is 5.75 Å². The van der Waals surface area contributed by atoms with Gasteiger partial charge in [-0.05, 0) is 43.7 Å². The van der Waals surface area contributed by atoms with Gasteiger partial charge in [0.1, 0.15) is 22.8 Å². The van der Waals surface area contributed by atoms with Crippen LogP contribution < -0.4 is 9.88 Å². The molecule has 5 nitrogen and oxygen atoms in total. The molecule has 0 amide bonds. The molecule has 0 saturated carbocycles. The van der Waals surface area contributed by atoms with Crippen LogP contribution in [0.5, 0.6) is 5.75 Å². The highest BCUT2D eigenvalue weighted by atomic mass is 35.5. The largest absolute Gasteiger partial charge is 0.487 e. The second-order valence-electron chi connectivity index (χ2n) is 5.90. The lowest BCUT2D eigenvalue weighted by Gasteiger charge is -2.14. The van der Waals surface area contributed by atoms with E-state index in [-0.39, 0.29) is 16.5 Å². The zero-order valence-electron chi connectivity index (χ0n) is 14.1. The molecule has 0 aliphatic heterocycles. The molecule has 0 atom stereocenters. The van der Waals surface area contributed by atoms with Gasteiger partial charge in [0.2, 0.25) is 10.0 Å². The molecule has 1 aromatic heterocycles. The van der Waals surface area contributed by atoms with Gasteiger partial charge in [0, 0.05) is 21.7 Å². The molecule has 0 aliphatic carbocycles. The molecule has 0 spiro atoms. The van der Waals surface area contributed by atoms with Crippen molar-refractivity contribution < 1.29 is 13.2 Å². The number of aryl methyl sites for hydroxylation is 2. The maximum Gasteiger partial charge on any atom is 0.239 e. The Morgan fingerprint density at radius 3 is 2.58 bits per heavy atom. The predicted octanol–water partition coefficient (Wildman–Crippen LogP) is 4.38. The number of aromatic nitrogens is 1. The summed E-state index contributed by atoms with van der Waals surface area (Å²) in [6.07, 6.45) is 0. The summed E-state index contributed by atoms with van der Waals surface area (Å²) in [6, 6.07) is 10.3. The number of ether oxygens (including phenoxy) is 1. The molecule has 3 rings (SSSR count). The van der Waals surface area contributed by atoms with E-state index in [1.165, 1.54) is 12.1 Å². The number of halogens is 2. The summed E-state index contributed by atoms with van der Waals surface area (Å²) < 4.78 is 29.2. The van der Waals surface area contributed by atoms with Gasteiger partial charge in [0.15, 0.2) is 0 Å². The van der Waals surface area contributed by atoms with Crippen molar-refractivity contribution in [2.24, 2.45) is 5.14 Å². The van der Waals surface area contributed by atoms with Gasteiger partial charge in [-0.25, -0.2) is 18.5 Å². The van der Waals surface area contributed by atoms with Crippen LogP contribution in [0.25, 0.3) is 10.9 Å². The lowest BCUT2D eigenvalue weighted by atomic mass is 10.1. The molecule has 0 unspecified atom stereocenters. The van der Waals surface area contributed by atoms with Crippen LogP contribution in [0.1, 0.15) is 16.8 Å². The summed E-state index contributed by atoms with van der Waals surface area (Å²) in [5.74, 6) is 0.558. The van der Waals surface area contributed by atoms with Crippen LogP contribution in [0.4, 0.5) is 0 Å². The van der Waals surface area contributed by atoms with Gasteiger partial charge in [-0.3, -0.25) is 0 Å². The van der Waals surface area contributed by atoms with Crippen LogP contribution in [0.3, 0.4) is 0 Å². The molecule has 3 aromatic rings. The number of hydrogen-bond acceptors (Lipinski definition) is 4. The van der Waals surface area contributed by atoms with Gasteiger partial charge in [-0.1, -0.05) is 35.3 Å². The zero-order chi connectivity index (χ0) is 19.1. The predicted molar refractivity (Wildman–Crippen MR) is 103 cm³/mol. The molecule has 0 saturated heterocycles. The van der Waals surface area contributed by atoms with E-state index in [2.05, 4.69) is 4.98 Å². The van der Waals surface area contributed by atoms with Gasteiger partial charge in [0.05, 0.1) is 5.02 Å². The van der Waals surface area contributed by atoms with Crippen LogP contribution in [0.2, 0.25) is 10.0 Å². The third-order valence-corrected chi connectivity index (χ3v) is 5.82. The van der Waals surface area contributed by atoms with Crippen molar-refractivity contribution in [3.05, 3.63) is 63.3 Å². The minimum Gasteiger partial charge on any atom is -0.487 e. The molecular weight excluding hydrogens is 395 g/mol. The van der Waals surface area contributed by atoms with Crippen LogP contribution in [0.15, 0.2) is 41.3 Å². The number of para-hydroxylation sites is 1. The Bertz CT molecular complexity index is 1120. The van der Waals surface area contributed by atoms with Gasteiger partial charge >= 0.3 is 0 Å². The third kappa shape index (κ3) is 3.64. The second-order valence-corrected chi connectivity index (χ2v) is 8.22. The molecule has 136 valence electrons. The van der Waals surface area contributed by atoms with E-state index in [9.17, 15) is 8.42 Å². The standard InChI is InChI=1S/C18H16Cl2N2O3S/c1-10-8-11(2)22-18-12(10)4-3-5-15(18)25-9-13-14(19)6-7-16(17(13)20)26(21,23)24/h3-8H,9H2,1-2H3,(H2,21,23,24). The number of rotatable bonds is 4. The van der Waals surface area contributed by atoms with Gasteiger partial charge in [-0.15, -0.1) is 0 Å². The van der Waals surface area contributed by atoms with Gasteiger partial charge in [-0.2, -0.15) is 0 Å². The fraction of sp³-hybridized carbons (Fsp3) is 0.167. The number of pyridine rings is 1. The lowest BCUT2D eigenvalue weighted by molar-refractivity contribution is 0.309. The van der Waals surface area contributed by atoms with Crippen molar-refractivity contribution in [2.45, 2.75) is 25.3 Å². The molecule has 8 heteroatoms. The van der Waals surface area contributed by atoms with E-state index in [4.69, 9.17) is 33.1 Å². The first-order chi connectivity index (χ1) is 12.2. The second kappa shape index (κ2) is 7.04. The van der Waals surface area contributed by atoms with E-state index in [0.717, 1.165) is 22.2 Å². The highest BCUT2D eigenvalue weighted by Crippen LogP contribution is 2.33. The van der Waals surface area contributed by atoms with E-state index >= 15 is 0 Å². The Hall–Kier alpha value is -1.86. The zero-order valence-corrected chi connectivity index (χ0v) is 16.4. The Balaban J connectivity index is 2.02. The molecular formula is C18H16Cl2N2O3S. The van der Waals surface area contributed by atoms with E-state index in [1.54, 1.807) is 6.07 Å². The number of nitrogens with zero attached hydrogens (tertiary/aromatic N) is 1. The van der Waals surface area contributed by atoms with Crippen LogP contribution in [-0.2, 0) is 16.6 Å². The summed E-state index contributed by atoms with van der Waals surface area (Å²) in [4.78, 5) is 4.35. The first kappa shape index (κ1) is 18.9. The number of primary sulfonamides is 1. The topological polar surface area (TPSA) is 82.3 Å². The Morgan fingerprint density at radius 2 is 1.88 bits per heavy atom. The maximum atomic E-state index is 11.6. The molecule has 0 radical (unpaired) electrons. The third-order valence-electron chi connectivity index (χ3n) is 3.97. The van der Waals surface area contributed by atoms with Gasteiger partial charge < -0.3 is 4.74 Å². The lowest BCUT2D eigenvalue weighted by Crippen LogP contribution is -2.14. The van der Waals surface area contributed by atoms with Crippen molar-refractivity contribution in [1.82, 2.24) is 4.98 Å². The Labute approximate surface area is 161 Å². The average molecular weight is 411 g/mol. The minimum atomic E-state index is -3.96. The molecule has 0 fully saturated rings. The average Bonchev–Trinajstić information content (AvgIpc) is 2.53. The van der Waals surface area contributed by atoms with E-state index < -0.39 is 10.0 Å². The minimum absolute atomic E-state index is 0.0190. The summed E-state index contributed by atoms with van der Waals surface area (Å²) in [7, 11) is -3.96. The normalized spacial score (nSPS) is 11.7. The number of sulfonamides is 1. The first-order valence-corrected chi connectivity index (χ1v) is 9.98. The summed E-state index contributed by atoms with van der Waals surface area (Å²) in [6.45, 7) is 3.89. The van der Waals surface area contributed by atoms with Crippen LogP contribution >= 0.6 is 23.2 Å². The monoisotopic (exact) mass is 410 g/mol. The molecule has 2 aromatic carbocycles. The highest BCUT2D eigenvalue weighted by Gasteiger charge is 2.19. The highest BCUT2D eigenvalue weighted by molar-refractivity contribution is 7.89. The fourth-order valence-corrected chi connectivity index (χ4v) is 4.18. The van der Waals surface area contributed by atoms with Crippen molar-refractivity contribution in [1.29, 1.82) is 0 Å². The van der Waals surface area contributed by atoms with Crippen LogP contribution in [0, 0.1) is 13.8 Å². The molecule has 2 N–H and O–H groups in total. The Morgan fingerprint density at radius 1 is 1.15 bits per heavy atom. The number of benzene rings is 2. The maximum absolute atomic E-state index is 11.6. The number of nitrogens with two attached hydrogens (primary N) is 1. The van der Waals surface area contributed by atoms with E-state index in [1.807, 2.05) is 32.0 Å². The van der Waals surface area contributed by atoms with E-state index in [0.29, 0.717) is 16.3 Å². The summed E-state index contributed by atoms with van der Waals surface area (Å²) in [5.41, 5.74) is 3.03. The molecule has 26 heavy (non-hydrogen) atoms. The van der Waals surface area contributed by atoms with Crippen molar-refractivity contribution >= 4 is 44.1 Å². The fourth-order valence-electron chi connectivity index (χ4n) is 2.75. The SMILES string of the molecule is Cc1cc(C)c2cccc(OCc3c(Cl)ccc(S(N)(=O)=O)c3Cl)c2n1. The van der Waals surface area contributed by atoms with Crippen LogP contribution in [-0.4, -0.2) is 13.4 Å². The molecule has 0 aliphatic rings. The molecule has 0 bridgehead atoms. The number of fused-ring (bicyclic) bond motifs is 1. The quantitative estimate of drug-likeness (QED) is 0.691. The summed E-state index contributed by atoms with van der Waals surface area (Å²) in [5, 5.41) is 6.41. The number of hydrogen-bond donors (Lipinski definition) is 1. The smallest absolute Gasteiger partial charge is 0.239 e. The Kier molecular flexibility index (Phi) is 5.12. The van der Waals surface area contributed by atoms with Crippen molar-refractivity contribution in [3.63, 3.8) is 0 Å². The van der Waals surface area contributed by atoms with Crippen molar-refractivity contribution in [2.75, 3.05) is 0 Å². The molecule has 1 heterocycles. The first-order valence-electron chi connectivity index (χ1n) is 7.68. The summed E-state index contributed by atoms with van der Waals surface area (Å²) >= 11 is 12.4. The van der Waals surface area contributed by atoms with Gasteiger partial charge in [0.25, 0.3) is 0 Å².